The second-order valence-corrected chi connectivity index (χ2v) is 4.63. The Bertz CT molecular complexity index is 488. The Kier molecular flexibility index (Phi) is 4.17. The van der Waals surface area contributed by atoms with E-state index in [-0.39, 0.29) is 6.79 Å². The van der Waals surface area contributed by atoms with Crippen molar-refractivity contribution in [3.8, 4) is 11.5 Å². The third-order valence-corrected chi connectivity index (χ3v) is 3.40. The van der Waals surface area contributed by atoms with E-state index in [1.807, 2.05) is 0 Å². The van der Waals surface area contributed by atoms with Gasteiger partial charge in [-0.15, -0.1) is 0 Å². The first-order valence-electron chi connectivity index (χ1n) is 5.93. The molecule has 0 saturated carbocycles. The van der Waals surface area contributed by atoms with Gasteiger partial charge in [-0.25, -0.2) is 0 Å². The maximum Gasteiger partial charge on any atom is 0.311 e. The van der Waals surface area contributed by atoms with E-state index in [9.17, 15) is 9.90 Å². The van der Waals surface area contributed by atoms with Gasteiger partial charge in [0.1, 0.15) is 0 Å². The number of rotatable bonds is 4. The minimum atomic E-state index is -0.996. The smallest absolute Gasteiger partial charge is 0.311 e. The first-order valence-corrected chi connectivity index (χ1v) is 6.31. The van der Waals surface area contributed by atoms with Gasteiger partial charge in [-0.05, 0) is 24.1 Å². The fourth-order valence-electron chi connectivity index (χ4n) is 2.06. The first-order chi connectivity index (χ1) is 9.08. The third kappa shape index (κ3) is 2.62. The van der Waals surface area contributed by atoms with Crippen molar-refractivity contribution in [1.82, 2.24) is 0 Å². The number of carbonyl (C=O) groups is 1. The van der Waals surface area contributed by atoms with Gasteiger partial charge in [-0.2, -0.15) is 0 Å². The van der Waals surface area contributed by atoms with Crippen LogP contribution in [-0.2, 0) is 9.53 Å². The Hall–Kier alpha value is -1.46. The Balaban J connectivity index is 2.31. The third-order valence-electron chi connectivity index (χ3n) is 3.12. The highest BCUT2D eigenvalue weighted by Crippen LogP contribution is 2.42. The van der Waals surface area contributed by atoms with Crippen LogP contribution in [0.2, 0.25) is 5.02 Å². The van der Waals surface area contributed by atoms with Gasteiger partial charge in [0.2, 0.25) is 6.79 Å². The lowest BCUT2D eigenvalue weighted by Crippen LogP contribution is -2.23. The van der Waals surface area contributed by atoms with E-state index in [1.54, 1.807) is 19.1 Å². The minimum Gasteiger partial charge on any atom is -0.469 e. The molecule has 2 unspecified atom stereocenters. The number of aliphatic hydroxyl groups is 1. The predicted molar refractivity (Wildman–Crippen MR) is 68.3 cm³/mol. The van der Waals surface area contributed by atoms with Crippen LogP contribution in [0.15, 0.2) is 12.1 Å². The molecule has 6 heteroatoms. The van der Waals surface area contributed by atoms with E-state index in [1.165, 1.54) is 7.11 Å². The molecule has 104 valence electrons. The van der Waals surface area contributed by atoms with Gasteiger partial charge in [0, 0.05) is 0 Å². The SMILES string of the molecule is CCC(C(=O)OC)C(O)c1cc(Cl)c2c(c1)OCO2. The maximum atomic E-state index is 11.6. The lowest BCUT2D eigenvalue weighted by atomic mass is 9.93. The largest absolute Gasteiger partial charge is 0.469 e. The average molecular weight is 287 g/mol. The zero-order valence-electron chi connectivity index (χ0n) is 10.7. The van der Waals surface area contributed by atoms with Crippen molar-refractivity contribution in [2.75, 3.05) is 13.9 Å². The lowest BCUT2D eigenvalue weighted by Gasteiger charge is -2.20. The van der Waals surface area contributed by atoms with E-state index < -0.39 is 18.0 Å². The molecule has 1 N–H and O–H groups in total. The Morgan fingerprint density at radius 1 is 1.53 bits per heavy atom. The Morgan fingerprint density at radius 3 is 2.89 bits per heavy atom. The number of fused-ring (bicyclic) bond motifs is 1. The summed E-state index contributed by atoms with van der Waals surface area (Å²) in [4.78, 5) is 11.6. The molecule has 5 nitrogen and oxygen atoms in total. The van der Waals surface area contributed by atoms with E-state index in [0.29, 0.717) is 28.5 Å². The summed E-state index contributed by atoms with van der Waals surface area (Å²) in [6.07, 6.45) is -0.538. The molecule has 19 heavy (non-hydrogen) atoms. The van der Waals surface area contributed by atoms with E-state index >= 15 is 0 Å². The molecule has 0 aromatic heterocycles. The average Bonchev–Trinajstić information content (AvgIpc) is 2.87. The van der Waals surface area contributed by atoms with Crippen molar-refractivity contribution in [3.63, 3.8) is 0 Å². The number of aliphatic hydroxyl groups excluding tert-OH is 1. The highest BCUT2D eigenvalue weighted by Gasteiger charge is 2.29. The van der Waals surface area contributed by atoms with Crippen LogP contribution in [-0.4, -0.2) is 25.0 Å². The molecule has 0 bridgehead atoms. The summed E-state index contributed by atoms with van der Waals surface area (Å²) in [5.41, 5.74) is 0.506. The van der Waals surface area contributed by atoms with Crippen molar-refractivity contribution in [2.24, 2.45) is 5.92 Å². The van der Waals surface area contributed by atoms with Crippen molar-refractivity contribution >= 4 is 17.6 Å². The Labute approximate surface area is 116 Å². The molecule has 2 atom stereocenters. The number of benzene rings is 1. The second-order valence-electron chi connectivity index (χ2n) is 4.22. The standard InChI is InChI=1S/C13H15ClO5/c1-3-8(13(16)17-2)11(15)7-4-9(14)12-10(5-7)18-6-19-12/h4-5,8,11,15H,3,6H2,1-2H3. The second kappa shape index (κ2) is 5.67. The monoisotopic (exact) mass is 286 g/mol. The van der Waals surface area contributed by atoms with Crippen LogP contribution in [0.5, 0.6) is 11.5 Å². The highest BCUT2D eigenvalue weighted by atomic mass is 35.5. The molecule has 1 aliphatic heterocycles. The quantitative estimate of drug-likeness (QED) is 0.861. The number of carbonyl (C=O) groups excluding carboxylic acids is 1. The lowest BCUT2D eigenvalue weighted by molar-refractivity contribution is -0.149. The molecule has 1 aromatic carbocycles. The zero-order chi connectivity index (χ0) is 14.0. The molecule has 1 heterocycles. The molecule has 0 fully saturated rings. The van der Waals surface area contributed by atoms with Gasteiger partial charge in [0.05, 0.1) is 24.2 Å². The number of halogens is 1. The molecule has 0 aliphatic carbocycles. The number of methoxy groups -OCH3 is 1. The number of esters is 1. The molecule has 0 radical (unpaired) electrons. The Morgan fingerprint density at radius 2 is 2.26 bits per heavy atom. The van der Waals surface area contributed by atoms with Crippen molar-refractivity contribution in [3.05, 3.63) is 22.7 Å². The van der Waals surface area contributed by atoms with Gasteiger partial charge < -0.3 is 19.3 Å². The highest BCUT2D eigenvalue weighted by molar-refractivity contribution is 6.32. The van der Waals surface area contributed by atoms with Crippen molar-refractivity contribution < 1.29 is 24.1 Å². The van der Waals surface area contributed by atoms with Gasteiger partial charge in [0.15, 0.2) is 11.5 Å². The summed E-state index contributed by atoms with van der Waals surface area (Å²) >= 11 is 6.05. The molecular weight excluding hydrogens is 272 g/mol. The predicted octanol–water partition coefficient (Wildman–Crippen LogP) is 2.30. The van der Waals surface area contributed by atoms with E-state index in [2.05, 4.69) is 4.74 Å². The van der Waals surface area contributed by atoms with E-state index in [4.69, 9.17) is 21.1 Å². The van der Waals surface area contributed by atoms with Crippen LogP contribution >= 0.6 is 11.6 Å². The molecule has 1 aliphatic rings. The first kappa shape index (κ1) is 14.0. The zero-order valence-corrected chi connectivity index (χ0v) is 11.4. The molecule has 2 rings (SSSR count). The molecular formula is C13H15ClO5. The van der Waals surface area contributed by atoms with Crippen LogP contribution in [0, 0.1) is 5.92 Å². The summed E-state index contributed by atoms with van der Waals surface area (Å²) in [5.74, 6) is -0.157. The van der Waals surface area contributed by atoms with Gasteiger partial charge in [-0.3, -0.25) is 4.79 Å². The summed E-state index contributed by atoms with van der Waals surface area (Å²) < 4.78 is 15.1. The summed E-state index contributed by atoms with van der Waals surface area (Å²) in [7, 11) is 1.30. The summed E-state index contributed by atoms with van der Waals surface area (Å²) in [5, 5.41) is 10.6. The van der Waals surface area contributed by atoms with Gasteiger partial charge in [0.25, 0.3) is 0 Å². The number of hydrogen-bond donors (Lipinski definition) is 1. The summed E-state index contributed by atoms with van der Waals surface area (Å²) in [6, 6.07) is 3.20. The van der Waals surface area contributed by atoms with Crippen LogP contribution in [0.25, 0.3) is 0 Å². The summed E-state index contributed by atoms with van der Waals surface area (Å²) in [6.45, 7) is 1.90. The fraction of sp³-hybridized carbons (Fsp3) is 0.462. The van der Waals surface area contributed by atoms with Crippen LogP contribution in [0.3, 0.4) is 0 Å². The van der Waals surface area contributed by atoms with Gasteiger partial charge >= 0.3 is 5.97 Å². The maximum absolute atomic E-state index is 11.6. The number of hydrogen-bond acceptors (Lipinski definition) is 5. The van der Waals surface area contributed by atoms with Crippen molar-refractivity contribution in [1.29, 1.82) is 0 Å². The number of ether oxygens (including phenoxy) is 3. The molecule has 1 aromatic rings. The fourth-order valence-corrected chi connectivity index (χ4v) is 2.33. The van der Waals surface area contributed by atoms with Crippen LogP contribution in [0.4, 0.5) is 0 Å². The van der Waals surface area contributed by atoms with Crippen LogP contribution in [0.1, 0.15) is 25.0 Å². The minimum absolute atomic E-state index is 0.100. The topological polar surface area (TPSA) is 65.0 Å². The van der Waals surface area contributed by atoms with Gasteiger partial charge in [-0.1, -0.05) is 18.5 Å². The molecule has 0 amide bonds. The molecule has 0 saturated heterocycles. The van der Waals surface area contributed by atoms with E-state index in [0.717, 1.165) is 0 Å². The van der Waals surface area contributed by atoms with Crippen molar-refractivity contribution in [2.45, 2.75) is 19.4 Å². The van der Waals surface area contributed by atoms with Crippen LogP contribution < -0.4 is 9.47 Å². The normalized spacial score (nSPS) is 16.0. The molecule has 0 spiro atoms.